The lowest BCUT2D eigenvalue weighted by Crippen LogP contribution is -2.29. The van der Waals surface area contributed by atoms with Gasteiger partial charge in [0.05, 0.1) is 53.1 Å². The Kier molecular flexibility index (Phi) is 6.09. The number of ether oxygens (including phenoxy) is 1. The van der Waals surface area contributed by atoms with Crippen LogP contribution in [0.5, 0.6) is 5.75 Å². The maximum absolute atomic E-state index is 13.4. The molecule has 4 aromatic rings. The van der Waals surface area contributed by atoms with Crippen LogP contribution in [0.3, 0.4) is 0 Å². The summed E-state index contributed by atoms with van der Waals surface area (Å²) in [4.78, 5) is 40.2. The molecule has 1 N–H and O–H groups in total. The molecule has 0 saturated heterocycles. The van der Waals surface area contributed by atoms with Gasteiger partial charge in [-0.25, -0.2) is 4.68 Å². The Balaban J connectivity index is 1.41. The number of carbonyl (C=O) groups is 3. The maximum atomic E-state index is 13.4. The van der Waals surface area contributed by atoms with Crippen molar-refractivity contribution in [1.82, 2.24) is 14.7 Å². The number of rotatable bonds is 6. The van der Waals surface area contributed by atoms with Crippen molar-refractivity contribution in [2.45, 2.75) is 27.3 Å². The number of aryl methyl sites for hydroxylation is 2. The third-order valence-electron chi connectivity index (χ3n) is 6.54. The summed E-state index contributed by atoms with van der Waals surface area (Å²) in [5.41, 5.74) is 5.80. The van der Waals surface area contributed by atoms with Gasteiger partial charge < -0.3 is 10.1 Å². The second-order valence-corrected chi connectivity index (χ2v) is 9.02. The van der Waals surface area contributed by atoms with E-state index < -0.39 is 0 Å². The molecule has 0 spiro atoms. The molecule has 1 aromatic heterocycles. The molecule has 1 aliphatic rings. The number of hydrogen-bond acceptors (Lipinski definition) is 5. The highest BCUT2D eigenvalue weighted by molar-refractivity contribution is 6.21. The summed E-state index contributed by atoms with van der Waals surface area (Å²) >= 11 is 0. The molecule has 0 aliphatic carbocycles. The van der Waals surface area contributed by atoms with Crippen molar-refractivity contribution in [2.24, 2.45) is 0 Å². The molecule has 0 radical (unpaired) electrons. The van der Waals surface area contributed by atoms with Gasteiger partial charge in [-0.1, -0.05) is 35.9 Å². The monoisotopic (exact) mass is 494 g/mol. The SMILES string of the molecule is COc1ccc(CN2C(=O)c3ccccc3C2=O)cc1C(=O)Nc1c(C)nn(-c2ccc(C)cc2)c1C. The van der Waals surface area contributed by atoms with E-state index in [9.17, 15) is 14.4 Å². The van der Waals surface area contributed by atoms with Crippen molar-refractivity contribution in [3.8, 4) is 11.4 Å². The van der Waals surface area contributed by atoms with Crippen molar-refractivity contribution in [2.75, 3.05) is 12.4 Å². The molecule has 0 fully saturated rings. The highest BCUT2D eigenvalue weighted by atomic mass is 16.5. The third kappa shape index (κ3) is 4.27. The smallest absolute Gasteiger partial charge is 0.261 e. The van der Waals surface area contributed by atoms with Gasteiger partial charge in [0.15, 0.2) is 0 Å². The van der Waals surface area contributed by atoms with E-state index >= 15 is 0 Å². The fraction of sp³-hybridized carbons (Fsp3) is 0.172. The number of fused-ring (bicyclic) bond motifs is 1. The minimum absolute atomic E-state index is 0.0417. The van der Waals surface area contributed by atoms with Crippen LogP contribution < -0.4 is 10.1 Å². The normalized spacial score (nSPS) is 12.6. The van der Waals surface area contributed by atoms with E-state index in [4.69, 9.17) is 4.74 Å². The number of hydrogen-bond donors (Lipinski definition) is 1. The van der Waals surface area contributed by atoms with Crippen LogP contribution in [-0.2, 0) is 6.54 Å². The van der Waals surface area contributed by atoms with Gasteiger partial charge in [0.25, 0.3) is 17.7 Å². The van der Waals surface area contributed by atoms with Crippen LogP contribution in [0, 0.1) is 20.8 Å². The molecule has 0 atom stereocenters. The lowest BCUT2D eigenvalue weighted by atomic mass is 10.1. The Labute approximate surface area is 214 Å². The predicted molar refractivity (Wildman–Crippen MR) is 139 cm³/mol. The van der Waals surface area contributed by atoms with Crippen LogP contribution in [-0.4, -0.2) is 39.5 Å². The van der Waals surface area contributed by atoms with Crippen LogP contribution >= 0.6 is 0 Å². The molecule has 3 amide bonds. The molecule has 8 heteroatoms. The number of aromatic nitrogens is 2. The van der Waals surface area contributed by atoms with Crippen molar-refractivity contribution in [1.29, 1.82) is 0 Å². The first-order valence-corrected chi connectivity index (χ1v) is 11.8. The lowest BCUT2D eigenvalue weighted by Gasteiger charge is -2.16. The zero-order valence-corrected chi connectivity index (χ0v) is 21.0. The van der Waals surface area contributed by atoms with Gasteiger partial charge in [-0.05, 0) is 62.7 Å². The summed E-state index contributed by atoms with van der Waals surface area (Å²) < 4.78 is 7.23. The Morgan fingerprint density at radius 3 is 2.19 bits per heavy atom. The number of methoxy groups -OCH3 is 1. The molecule has 0 unspecified atom stereocenters. The fourth-order valence-electron chi connectivity index (χ4n) is 4.54. The largest absolute Gasteiger partial charge is 0.496 e. The molecule has 2 heterocycles. The van der Waals surface area contributed by atoms with Crippen LogP contribution in [0.1, 0.15) is 53.6 Å². The molecule has 1 aliphatic heterocycles. The lowest BCUT2D eigenvalue weighted by molar-refractivity contribution is 0.0642. The van der Waals surface area contributed by atoms with Crippen LogP contribution in [0.2, 0.25) is 0 Å². The highest BCUT2D eigenvalue weighted by Crippen LogP contribution is 2.28. The van der Waals surface area contributed by atoms with E-state index in [1.54, 1.807) is 47.1 Å². The second kappa shape index (κ2) is 9.39. The molecule has 5 rings (SSSR count). The van der Waals surface area contributed by atoms with Gasteiger partial charge in [0, 0.05) is 0 Å². The number of imide groups is 1. The Morgan fingerprint density at radius 2 is 1.57 bits per heavy atom. The van der Waals surface area contributed by atoms with Gasteiger partial charge in [-0.15, -0.1) is 0 Å². The molecule has 0 saturated carbocycles. The molecule has 0 bridgehead atoms. The summed E-state index contributed by atoms with van der Waals surface area (Å²) in [6.45, 7) is 5.79. The highest BCUT2D eigenvalue weighted by Gasteiger charge is 2.35. The second-order valence-electron chi connectivity index (χ2n) is 9.02. The summed E-state index contributed by atoms with van der Waals surface area (Å²) in [6.07, 6.45) is 0. The third-order valence-corrected chi connectivity index (χ3v) is 6.54. The molecule has 37 heavy (non-hydrogen) atoms. The van der Waals surface area contributed by atoms with E-state index in [2.05, 4.69) is 10.4 Å². The van der Waals surface area contributed by atoms with Gasteiger partial charge in [-0.2, -0.15) is 5.10 Å². The maximum Gasteiger partial charge on any atom is 0.261 e. The fourth-order valence-corrected chi connectivity index (χ4v) is 4.54. The topological polar surface area (TPSA) is 93.5 Å². The van der Waals surface area contributed by atoms with E-state index in [1.807, 2.05) is 45.0 Å². The van der Waals surface area contributed by atoms with Crippen LogP contribution in [0.25, 0.3) is 5.69 Å². The number of amides is 3. The first-order chi connectivity index (χ1) is 17.8. The quantitative estimate of drug-likeness (QED) is 0.387. The van der Waals surface area contributed by atoms with Gasteiger partial charge in [0.1, 0.15) is 5.75 Å². The molecule has 8 nitrogen and oxygen atoms in total. The van der Waals surface area contributed by atoms with E-state index in [0.29, 0.717) is 39.4 Å². The summed E-state index contributed by atoms with van der Waals surface area (Å²) in [5, 5.41) is 7.58. The minimum atomic E-state index is -0.379. The van der Waals surface area contributed by atoms with E-state index in [-0.39, 0.29) is 24.3 Å². The number of carbonyl (C=O) groups excluding carboxylic acids is 3. The summed E-state index contributed by atoms with van der Waals surface area (Å²) in [6, 6.07) is 19.8. The van der Waals surface area contributed by atoms with Crippen molar-refractivity contribution >= 4 is 23.4 Å². The predicted octanol–water partition coefficient (Wildman–Crippen LogP) is 4.85. The Morgan fingerprint density at radius 1 is 0.919 bits per heavy atom. The van der Waals surface area contributed by atoms with E-state index in [0.717, 1.165) is 16.9 Å². The molecule has 3 aromatic carbocycles. The van der Waals surface area contributed by atoms with Gasteiger partial charge in [-0.3, -0.25) is 19.3 Å². The Bertz CT molecular complexity index is 1520. The first-order valence-electron chi connectivity index (χ1n) is 11.8. The number of benzene rings is 3. The summed E-state index contributed by atoms with van der Waals surface area (Å²) in [7, 11) is 1.49. The zero-order chi connectivity index (χ0) is 26.3. The minimum Gasteiger partial charge on any atom is -0.496 e. The molecular weight excluding hydrogens is 468 g/mol. The molecular formula is C29H26N4O4. The van der Waals surface area contributed by atoms with Crippen LogP contribution in [0.4, 0.5) is 5.69 Å². The molecule has 186 valence electrons. The average Bonchev–Trinajstić information content (AvgIpc) is 3.32. The van der Waals surface area contributed by atoms with Crippen molar-refractivity contribution in [3.63, 3.8) is 0 Å². The summed E-state index contributed by atoms with van der Waals surface area (Å²) in [5.74, 6) is -0.699. The van der Waals surface area contributed by atoms with Crippen LogP contribution in [0.15, 0.2) is 66.7 Å². The van der Waals surface area contributed by atoms with Gasteiger partial charge >= 0.3 is 0 Å². The van der Waals surface area contributed by atoms with Crippen molar-refractivity contribution in [3.05, 3.63) is 106 Å². The van der Waals surface area contributed by atoms with Gasteiger partial charge in [0.2, 0.25) is 0 Å². The zero-order valence-electron chi connectivity index (χ0n) is 21.0. The standard InChI is InChI=1S/C29H26N4O4/c1-17-9-12-21(13-10-17)33-19(3)26(18(2)31-33)30-27(34)24-15-20(11-14-25(24)37-4)16-32-28(35)22-7-5-6-8-23(22)29(32)36/h5-15H,16H2,1-4H3,(H,30,34). The Hall–Kier alpha value is -4.72. The van der Waals surface area contributed by atoms with Crippen molar-refractivity contribution < 1.29 is 19.1 Å². The number of nitrogens with zero attached hydrogens (tertiary/aromatic N) is 3. The van der Waals surface area contributed by atoms with E-state index in [1.165, 1.54) is 12.0 Å². The first kappa shape index (κ1) is 24.0. The number of anilines is 1. The number of nitrogens with one attached hydrogen (secondary N) is 1. The average molecular weight is 495 g/mol.